The number of amides is 1. The van der Waals surface area contributed by atoms with Crippen LogP contribution in [0, 0.1) is 0 Å². The van der Waals surface area contributed by atoms with Crippen LogP contribution in [0.5, 0.6) is 0 Å². The van der Waals surface area contributed by atoms with Crippen LogP contribution in [-0.2, 0) is 9.53 Å². The molecular weight excluding hydrogens is 404 g/mol. The molecule has 1 fully saturated rings. The van der Waals surface area contributed by atoms with Crippen molar-refractivity contribution in [3.05, 3.63) is 60.6 Å². The van der Waals surface area contributed by atoms with Crippen LogP contribution in [0.4, 0.5) is 0 Å². The van der Waals surface area contributed by atoms with E-state index in [1.807, 2.05) is 26.0 Å². The zero-order valence-electron chi connectivity index (χ0n) is 19.6. The summed E-state index contributed by atoms with van der Waals surface area (Å²) < 4.78 is 5.33. The maximum Gasteiger partial charge on any atom is 0.269 e. The Morgan fingerprint density at radius 3 is 2.66 bits per heavy atom. The lowest BCUT2D eigenvalue weighted by molar-refractivity contribution is -0.117. The van der Waals surface area contributed by atoms with Crippen LogP contribution in [-0.4, -0.2) is 55.5 Å². The molecule has 1 saturated heterocycles. The first-order chi connectivity index (χ1) is 15.3. The molecule has 8 nitrogen and oxygen atoms in total. The number of carbonyl (C=O) groups is 1. The Bertz CT molecular complexity index is 773. The van der Waals surface area contributed by atoms with Gasteiger partial charge in [-0.1, -0.05) is 43.9 Å². The van der Waals surface area contributed by atoms with Gasteiger partial charge in [-0.15, -0.1) is 0 Å². The molecule has 176 valence electrons. The molecule has 0 atom stereocenters. The van der Waals surface area contributed by atoms with E-state index in [1.165, 1.54) is 6.34 Å². The second-order valence-corrected chi connectivity index (χ2v) is 7.57. The molecule has 0 spiro atoms. The normalized spacial score (nSPS) is 16.4. The zero-order valence-corrected chi connectivity index (χ0v) is 19.6. The van der Waals surface area contributed by atoms with Crippen LogP contribution in [0.15, 0.2) is 70.6 Å². The van der Waals surface area contributed by atoms with E-state index in [2.05, 4.69) is 46.8 Å². The standard InChI is InChI=1S/C24H38N6O2/c1-6-8-9-10-19(3)15-26-23(31)21(5)28-18-30(7-2)17-20(4)16-27-24(25)29-22-11-13-32-14-12-22/h7-10,16,18,22H,2,5-6,11-15,17H2,1,3-4H3,(H,26,31)(H3,25,27,29)/b9-8-,19-10+,20-16-,28-18?. The van der Waals surface area contributed by atoms with E-state index in [9.17, 15) is 4.79 Å². The molecule has 0 aliphatic carbocycles. The average Bonchev–Trinajstić information content (AvgIpc) is 2.79. The van der Waals surface area contributed by atoms with Crippen LogP contribution in [0.3, 0.4) is 0 Å². The fraction of sp³-hybridized carbons (Fsp3) is 0.458. The highest BCUT2D eigenvalue weighted by atomic mass is 16.5. The van der Waals surface area contributed by atoms with Gasteiger partial charge in [-0.25, -0.2) is 9.98 Å². The van der Waals surface area contributed by atoms with Crippen molar-refractivity contribution >= 4 is 18.2 Å². The molecule has 0 aromatic carbocycles. The van der Waals surface area contributed by atoms with Crippen molar-refractivity contribution in [1.82, 2.24) is 15.5 Å². The van der Waals surface area contributed by atoms with Gasteiger partial charge in [0.15, 0.2) is 5.96 Å². The summed E-state index contributed by atoms with van der Waals surface area (Å²) in [6.45, 7) is 15.9. The Labute approximate surface area is 192 Å². The minimum absolute atomic E-state index is 0.126. The van der Waals surface area contributed by atoms with E-state index in [1.54, 1.807) is 17.3 Å². The molecule has 0 unspecified atom stereocenters. The summed E-state index contributed by atoms with van der Waals surface area (Å²) in [7, 11) is 0. The van der Waals surface area contributed by atoms with E-state index in [0.717, 1.165) is 43.6 Å². The van der Waals surface area contributed by atoms with Gasteiger partial charge in [0.2, 0.25) is 0 Å². The smallest absolute Gasteiger partial charge is 0.269 e. The van der Waals surface area contributed by atoms with E-state index in [-0.39, 0.29) is 17.6 Å². The third-order valence-electron chi connectivity index (χ3n) is 4.55. The number of nitrogens with two attached hydrogens (primary N) is 1. The van der Waals surface area contributed by atoms with Gasteiger partial charge in [-0.2, -0.15) is 0 Å². The third kappa shape index (κ3) is 11.9. The van der Waals surface area contributed by atoms with Crippen molar-refractivity contribution in [3.63, 3.8) is 0 Å². The van der Waals surface area contributed by atoms with Crippen LogP contribution in [0.25, 0.3) is 0 Å². The van der Waals surface area contributed by atoms with Gasteiger partial charge in [-0.05, 0) is 44.9 Å². The Kier molecular flexibility index (Phi) is 13.1. The molecule has 0 aromatic heterocycles. The number of nitrogens with one attached hydrogen (secondary N) is 2. The Hall–Kier alpha value is -3.13. The van der Waals surface area contributed by atoms with Crippen molar-refractivity contribution in [2.75, 3.05) is 26.3 Å². The summed E-state index contributed by atoms with van der Waals surface area (Å²) in [5.74, 6) is 0.0677. The van der Waals surface area contributed by atoms with Crippen molar-refractivity contribution < 1.29 is 9.53 Å². The monoisotopic (exact) mass is 442 g/mol. The highest BCUT2D eigenvalue weighted by molar-refractivity contribution is 5.93. The molecule has 1 aliphatic rings. The first-order valence-corrected chi connectivity index (χ1v) is 10.9. The van der Waals surface area contributed by atoms with Crippen molar-refractivity contribution in [3.8, 4) is 0 Å². The lowest BCUT2D eigenvalue weighted by Crippen LogP contribution is -2.31. The molecule has 32 heavy (non-hydrogen) atoms. The Balaban J connectivity index is 2.50. The number of hydrogen-bond donors (Lipinski definition) is 3. The second-order valence-electron chi connectivity index (χ2n) is 7.57. The summed E-state index contributed by atoms with van der Waals surface area (Å²) in [4.78, 5) is 22.5. The first-order valence-electron chi connectivity index (χ1n) is 10.9. The van der Waals surface area contributed by atoms with Gasteiger partial charge in [-0.3, -0.25) is 4.79 Å². The average molecular weight is 443 g/mol. The summed E-state index contributed by atoms with van der Waals surface area (Å²) in [5, 5.41) is 5.82. The molecule has 1 heterocycles. The molecule has 0 bridgehead atoms. The van der Waals surface area contributed by atoms with Crippen LogP contribution >= 0.6 is 0 Å². The first kappa shape index (κ1) is 26.9. The Morgan fingerprint density at radius 2 is 2.00 bits per heavy atom. The quantitative estimate of drug-likeness (QED) is 0.187. The number of allylic oxidation sites excluding steroid dienone is 3. The number of nitrogens with zero attached hydrogens (tertiary/aromatic N) is 3. The number of guanidine groups is 1. The largest absolute Gasteiger partial charge is 0.381 e. The summed E-state index contributed by atoms with van der Waals surface area (Å²) in [6.07, 6.45) is 13.7. The fourth-order valence-corrected chi connectivity index (χ4v) is 2.68. The number of hydrogen-bond acceptors (Lipinski definition) is 4. The molecule has 1 aliphatic heterocycles. The second kappa shape index (κ2) is 15.6. The predicted octanol–water partition coefficient (Wildman–Crippen LogP) is 2.99. The Morgan fingerprint density at radius 1 is 1.28 bits per heavy atom. The molecule has 8 heteroatoms. The van der Waals surface area contributed by atoms with Crippen molar-refractivity contribution in [2.24, 2.45) is 15.7 Å². The third-order valence-corrected chi connectivity index (χ3v) is 4.55. The van der Waals surface area contributed by atoms with Gasteiger partial charge in [0.05, 0.1) is 12.4 Å². The minimum atomic E-state index is -0.316. The number of carbonyl (C=O) groups excluding carboxylic acids is 1. The fourth-order valence-electron chi connectivity index (χ4n) is 2.68. The van der Waals surface area contributed by atoms with Gasteiger partial charge in [0.25, 0.3) is 5.91 Å². The van der Waals surface area contributed by atoms with Crippen molar-refractivity contribution in [2.45, 2.75) is 46.1 Å². The molecule has 4 N–H and O–H groups in total. The van der Waals surface area contributed by atoms with Crippen LogP contribution in [0.1, 0.15) is 40.0 Å². The van der Waals surface area contributed by atoms with Crippen molar-refractivity contribution in [1.29, 1.82) is 0 Å². The number of rotatable bonds is 12. The van der Waals surface area contributed by atoms with Crippen LogP contribution < -0.4 is 16.4 Å². The maximum atomic E-state index is 12.2. The van der Waals surface area contributed by atoms with E-state index in [0.29, 0.717) is 19.0 Å². The minimum Gasteiger partial charge on any atom is -0.381 e. The highest BCUT2D eigenvalue weighted by Gasteiger charge is 2.12. The highest BCUT2D eigenvalue weighted by Crippen LogP contribution is 2.09. The molecule has 0 saturated carbocycles. The van der Waals surface area contributed by atoms with Gasteiger partial charge >= 0.3 is 0 Å². The SMILES string of the molecule is C=CN(C=NC(=C)C(=O)NC/C(C)=C/C=C\CC)C/C(C)=C\NC(N)=NC1CCOCC1. The predicted molar refractivity (Wildman–Crippen MR) is 133 cm³/mol. The number of aliphatic imine (C=N–C) groups is 2. The topological polar surface area (TPSA) is 104 Å². The van der Waals surface area contributed by atoms with Gasteiger partial charge < -0.3 is 26.0 Å². The zero-order chi connectivity index (χ0) is 23.8. The molecular formula is C24H38N6O2. The molecule has 0 radical (unpaired) electrons. The summed E-state index contributed by atoms with van der Waals surface area (Å²) in [5.41, 5.74) is 8.11. The molecule has 1 rings (SSSR count). The molecule has 0 aromatic rings. The lowest BCUT2D eigenvalue weighted by Gasteiger charge is -2.19. The lowest BCUT2D eigenvalue weighted by atomic mass is 10.1. The van der Waals surface area contributed by atoms with Crippen LogP contribution in [0.2, 0.25) is 0 Å². The summed E-state index contributed by atoms with van der Waals surface area (Å²) in [6, 6.07) is 0.200. The summed E-state index contributed by atoms with van der Waals surface area (Å²) >= 11 is 0. The molecule has 1 amide bonds. The van der Waals surface area contributed by atoms with E-state index in [4.69, 9.17) is 10.5 Å². The number of ether oxygens (including phenoxy) is 1. The van der Waals surface area contributed by atoms with Gasteiger partial charge in [0, 0.05) is 32.5 Å². The van der Waals surface area contributed by atoms with E-state index < -0.39 is 0 Å². The van der Waals surface area contributed by atoms with E-state index >= 15 is 0 Å². The maximum absolute atomic E-state index is 12.2. The van der Waals surface area contributed by atoms with Gasteiger partial charge in [0.1, 0.15) is 5.70 Å².